The van der Waals surface area contributed by atoms with E-state index in [4.69, 9.17) is 37.0 Å². The van der Waals surface area contributed by atoms with Crippen LogP contribution in [-0.2, 0) is 65.4 Å². The molecule has 0 heterocycles. The Morgan fingerprint density at radius 2 is 0.527 bits per heavy atom. The summed E-state index contributed by atoms with van der Waals surface area (Å²) < 4.78 is 68.4. The summed E-state index contributed by atoms with van der Waals surface area (Å²) in [6, 6.07) is 0. The lowest BCUT2D eigenvalue weighted by atomic mass is 9.99. The molecule has 0 rings (SSSR count). The Morgan fingerprint density at radius 1 is 0.308 bits per heavy atom. The van der Waals surface area contributed by atoms with Gasteiger partial charge in [0.1, 0.15) is 19.3 Å². The minimum atomic E-state index is -4.95. The highest BCUT2D eigenvalue weighted by Gasteiger charge is 2.30. The maximum Gasteiger partial charge on any atom is 0.472 e. The molecular formula is C72H140O17P2. The maximum atomic E-state index is 13.0. The lowest BCUT2D eigenvalue weighted by Crippen LogP contribution is -2.30. The number of hydrogen-bond donors (Lipinski definition) is 3. The molecule has 4 unspecified atom stereocenters. The molecule has 0 aliphatic carbocycles. The number of carbonyl (C=O) groups excluding carboxylic acids is 4. The number of aliphatic hydroxyl groups is 1. The van der Waals surface area contributed by atoms with E-state index in [1.807, 2.05) is 0 Å². The summed E-state index contributed by atoms with van der Waals surface area (Å²) in [6.45, 7) is 14.1. The third-order valence-electron chi connectivity index (χ3n) is 17.3. The van der Waals surface area contributed by atoms with E-state index in [9.17, 15) is 43.2 Å². The molecule has 7 atom stereocenters. The normalized spacial score (nSPS) is 14.8. The van der Waals surface area contributed by atoms with Gasteiger partial charge in [-0.05, 0) is 49.4 Å². The van der Waals surface area contributed by atoms with Gasteiger partial charge in [-0.2, -0.15) is 0 Å². The number of rotatable bonds is 69. The van der Waals surface area contributed by atoms with Gasteiger partial charge in [-0.25, -0.2) is 9.13 Å². The van der Waals surface area contributed by atoms with Crippen molar-refractivity contribution in [3.05, 3.63) is 0 Å². The number of phosphoric ester groups is 2. The van der Waals surface area contributed by atoms with Crippen molar-refractivity contribution < 1.29 is 80.2 Å². The molecule has 0 fully saturated rings. The van der Waals surface area contributed by atoms with Gasteiger partial charge in [0.05, 0.1) is 26.4 Å². The molecular weight excluding hydrogens is 1200 g/mol. The number of hydrogen-bond acceptors (Lipinski definition) is 15. The Balaban J connectivity index is 5.26. The Bertz CT molecular complexity index is 1800. The van der Waals surface area contributed by atoms with Crippen LogP contribution in [0.1, 0.15) is 357 Å². The van der Waals surface area contributed by atoms with Crippen molar-refractivity contribution in [1.29, 1.82) is 0 Å². The second-order valence-corrected chi connectivity index (χ2v) is 30.3. The first kappa shape index (κ1) is 89.1. The van der Waals surface area contributed by atoms with E-state index in [0.717, 1.165) is 114 Å². The number of ether oxygens (including phenoxy) is 4. The zero-order chi connectivity index (χ0) is 67.5. The number of aliphatic hydroxyl groups excluding tert-OH is 1. The number of unbranched alkanes of at least 4 members (excludes halogenated alkanes) is 33. The fourth-order valence-corrected chi connectivity index (χ4v) is 12.4. The molecule has 540 valence electrons. The molecule has 0 aromatic rings. The average Bonchev–Trinajstić information content (AvgIpc) is 3.70. The topological polar surface area (TPSA) is 237 Å². The van der Waals surface area contributed by atoms with Gasteiger partial charge in [0.15, 0.2) is 12.2 Å². The zero-order valence-electron chi connectivity index (χ0n) is 59.5. The van der Waals surface area contributed by atoms with Crippen molar-refractivity contribution in [3.8, 4) is 0 Å². The molecule has 0 spiro atoms. The highest BCUT2D eigenvalue weighted by Crippen LogP contribution is 2.45. The Hall–Kier alpha value is -1.94. The predicted molar refractivity (Wildman–Crippen MR) is 367 cm³/mol. The summed E-state index contributed by atoms with van der Waals surface area (Å²) in [7, 11) is -9.91. The van der Waals surface area contributed by atoms with Crippen LogP contribution >= 0.6 is 15.6 Å². The molecule has 0 aliphatic rings. The summed E-state index contributed by atoms with van der Waals surface area (Å²) >= 11 is 0. The minimum absolute atomic E-state index is 0.105. The smallest absolute Gasteiger partial charge is 0.462 e. The summed E-state index contributed by atoms with van der Waals surface area (Å²) in [5, 5.41) is 10.6. The van der Waals surface area contributed by atoms with Crippen molar-refractivity contribution in [2.75, 3.05) is 39.6 Å². The molecule has 0 amide bonds. The largest absolute Gasteiger partial charge is 0.472 e. The number of carbonyl (C=O) groups is 4. The average molecular weight is 1340 g/mol. The SMILES string of the molecule is CCC(C)CCCCCCCCCCCCC(=O)OC[C@H](COP(=O)(O)OC[C@@H](O)COP(=O)(O)OC[C@@H](COC(=O)CCCCCCCCC(C)C)OC(=O)CCCCCCCCCCCCCC(C)C)OC(=O)CCCCCCCCCCCCC(C)CC. The van der Waals surface area contributed by atoms with Crippen LogP contribution < -0.4 is 0 Å². The fourth-order valence-electron chi connectivity index (χ4n) is 10.8. The van der Waals surface area contributed by atoms with E-state index in [2.05, 4.69) is 55.4 Å². The summed E-state index contributed by atoms with van der Waals surface area (Å²) in [5.74, 6) is 0.930. The van der Waals surface area contributed by atoms with Crippen LogP contribution in [0.25, 0.3) is 0 Å². The van der Waals surface area contributed by atoms with E-state index in [-0.39, 0.29) is 25.7 Å². The monoisotopic (exact) mass is 1340 g/mol. The van der Waals surface area contributed by atoms with Crippen LogP contribution in [0.15, 0.2) is 0 Å². The predicted octanol–water partition coefficient (Wildman–Crippen LogP) is 20.5. The standard InChI is InChI=1S/C72H140O17P2/c1-9-64(7)50-42-34-25-19-14-16-21-27-36-44-52-69(74)82-58-67(88-72(77)55-47-39-29-23-17-15-20-26-35-43-51-65(8)10-2)60-86-90(78,79)84-56-66(73)57-85-91(80,81)87-61-68(59-83-70(75)53-45-37-31-30-33-41-49-63(5)6)89-71(76)54-46-38-28-22-13-11-12-18-24-32-40-48-62(3)4/h62-68,73H,9-61H2,1-8H3,(H,78,79)(H,80,81)/t64?,65?,66-,67-,68-/m1/s1. The van der Waals surface area contributed by atoms with Crippen LogP contribution in [0.4, 0.5) is 0 Å². The van der Waals surface area contributed by atoms with Gasteiger partial charge in [0, 0.05) is 25.7 Å². The Labute approximate surface area is 556 Å². The first-order valence-corrected chi connectivity index (χ1v) is 40.3. The van der Waals surface area contributed by atoms with Crippen molar-refractivity contribution in [3.63, 3.8) is 0 Å². The highest BCUT2D eigenvalue weighted by molar-refractivity contribution is 7.47. The first-order valence-electron chi connectivity index (χ1n) is 37.3. The quantitative estimate of drug-likeness (QED) is 0.0222. The van der Waals surface area contributed by atoms with Gasteiger partial charge in [-0.1, -0.05) is 306 Å². The molecule has 0 aliphatic heterocycles. The van der Waals surface area contributed by atoms with E-state index < -0.39 is 97.5 Å². The second-order valence-electron chi connectivity index (χ2n) is 27.4. The maximum absolute atomic E-state index is 13.0. The van der Waals surface area contributed by atoms with Crippen LogP contribution in [0.2, 0.25) is 0 Å². The molecule has 91 heavy (non-hydrogen) atoms. The lowest BCUT2D eigenvalue weighted by molar-refractivity contribution is -0.161. The van der Waals surface area contributed by atoms with Crippen molar-refractivity contribution in [2.24, 2.45) is 23.7 Å². The Kier molecular flexibility index (Phi) is 60.3. The van der Waals surface area contributed by atoms with Gasteiger partial charge in [0.25, 0.3) is 0 Å². The second kappa shape index (κ2) is 61.6. The van der Waals surface area contributed by atoms with Crippen molar-refractivity contribution in [1.82, 2.24) is 0 Å². The Morgan fingerprint density at radius 3 is 0.780 bits per heavy atom. The van der Waals surface area contributed by atoms with Gasteiger partial charge in [0.2, 0.25) is 0 Å². The molecule has 3 N–H and O–H groups in total. The summed E-state index contributed by atoms with van der Waals surface area (Å²) in [4.78, 5) is 72.6. The number of esters is 4. The molecule has 17 nitrogen and oxygen atoms in total. The molecule has 19 heteroatoms. The zero-order valence-corrected chi connectivity index (χ0v) is 61.3. The molecule has 0 aromatic carbocycles. The molecule has 0 bridgehead atoms. The van der Waals surface area contributed by atoms with E-state index >= 15 is 0 Å². The van der Waals surface area contributed by atoms with Crippen molar-refractivity contribution in [2.45, 2.75) is 375 Å². The lowest BCUT2D eigenvalue weighted by Gasteiger charge is -2.21. The van der Waals surface area contributed by atoms with E-state index in [0.29, 0.717) is 31.6 Å². The van der Waals surface area contributed by atoms with Crippen LogP contribution in [-0.4, -0.2) is 96.7 Å². The van der Waals surface area contributed by atoms with Crippen LogP contribution in [0.5, 0.6) is 0 Å². The van der Waals surface area contributed by atoms with Crippen LogP contribution in [0, 0.1) is 23.7 Å². The third-order valence-corrected chi connectivity index (χ3v) is 19.2. The van der Waals surface area contributed by atoms with Gasteiger partial charge in [-0.3, -0.25) is 37.3 Å². The number of phosphoric acid groups is 2. The van der Waals surface area contributed by atoms with Gasteiger partial charge in [-0.15, -0.1) is 0 Å². The van der Waals surface area contributed by atoms with Gasteiger partial charge < -0.3 is 33.8 Å². The molecule has 0 aromatic heterocycles. The highest BCUT2D eigenvalue weighted by atomic mass is 31.2. The first-order chi connectivity index (χ1) is 43.7. The molecule has 0 radical (unpaired) electrons. The summed E-state index contributed by atoms with van der Waals surface area (Å²) in [6.07, 6.45) is 44.4. The molecule has 0 saturated heterocycles. The van der Waals surface area contributed by atoms with E-state index in [1.54, 1.807) is 0 Å². The van der Waals surface area contributed by atoms with E-state index in [1.165, 1.54) is 154 Å². The van der Waals surface area contributed by atoms with Gasteiger partial charge >= 0.3 is 39.5 Å². The third kappa shape index (κ3) is 63.9. The van der Waals surface area contributed by atoms with Crippen LogP contribution in [0.3, 0.4) is 0 Å². The molecule has 0 saturated carbocycles. The fraction of sp³-hybridized carbons (Fsp3) is 0.944. The summed E-state index contributed by atoms with van der Waals surface area (Å²) in [5.41, 5.74) is 0. The van der Waals surface area contributed by atoms with Crippen molar-refractivity contribution >= 4 is 39.5 Å². The minimum Gasteiger partial charge on any atom is -0.462 e.